The molecule has 0 aliphatic heterocycles. The summed E-state index contributed by atoms with van der Waals surface area (Å²) in [5, 5.41) is 2.00. The zero-order valence-corrected chi connectivity index (χ0v) is 13.3. The molecular weight excluding hydrogens is 344 g/mol. The van der Waals surface area contributed by atoms with Crippen molar-refractivity contribution in [3.05, 3.63) is 40.9 Å². The number of benzene rings is 2. The molecule has 0 saturated carbocycles. The molecule has 0 aliphatic rings. The van der Waals surface area contributed by atoms with E-state index < -0.39 is 10.2 Å². The van der Waals surface area contributed by atoms with Crippen LogP contribution in [0, 0.1) is 0 Å². The summed E-state index contributed by atoms with van der Waals surface area (Å²) in [5.41, 5.74) is 0.518. The molecule has 0 amide bonds. The first-order chi connectivity index (χ1) is 9.50. The Morgan fingerprint density at radius 2 is 1.85 bits per heavy atom. The van der Waals surface area contributed by atoms with Crippen LogP contribution in [0.2, 0.25) is 0 Å². The van der Waals surface area contributed by atoms with Crippen molar-refractivity contribution in [2.24, 2.45) is 0 Å². The smallest absolute Gasteiger partial charge is 0.299 e. The van der Waals surface area contributed by atoms with Gasteiger partial charge in [0.2, 0.25) is 0 Å². The Morgan fingerprint density at radius 3 is 2.60 bits per heavy atom. The Kier molecular flexibility index (Phi) is 4.98. The second-order valence-corrected chi connectivity index (χ2v) is 6.61. The molecule has 5 nitrogen and oxygen atoms in total. The number of rotatable bonds is 6. The standard InChI is InChI=1S/C13H15BrN2O3S/c1-19-7-6-15-20(17,18)16-13-5-3-10-8-12(14)4-2-11(10)9-13/h2-5,8-9,15-16H,6-7H2,1H3. The van der Waals surface area contributed by atoms with Crippen LogP contribution in [0.1, 0.15) is 0 Å². The molecule has 2 rings (SSSR count). The third kappa shape index (κ3) is 4.17. The van der Waals surface area contributed by atoms with Gasteiger partial charge in [0.1, 0.15) is 0 Å². The average Bonchev–Trinajstić information content (AvgIpc) is 2.38. The van der Waals surface area contributed by atoms with Crippen LogP contribution in [0.15, 0.2) is 40.9 Å². The number of anilines is 1. The first-order valence-corrected chi connectivity index (χ1v) is 8.23. The van der Waals surface area contributed by atoms with Gasteiger partial charge in [-0.05, 0) is 35.0 Å². The molecule has 2 aromatic carbocycles. The van der Waals surface area contributed by atoms with E-state index in [1.165, 1.54) is 7.11 Å². The number of ether oxygens (including phenoxy) is 1. The molecule has 0 saturated heterocycles. The SMILES string of the molecule is COCCNS(=O)(=O)Nc1ccc2cc(Br)ccc2c1. The minimum absolute atomic E-state index is 0.229. The highest BCUT2D eigenvalue weighted by Gasteiger charge is 2.09. The molecule has 2 aromatic rings. The van der Waals surface area contributed by atoms with Crippen LogP contribution in [0.3, 0.4) is 0 Å². The summed E-state index contributed by atoms with van der Waals surface area (Å²) in [7, 11) is -2.06. The van der Waals surface area contributed by atoms with Crippen LogP contribution < -0.4 is 9.44 Å². The molecule has 0 atom stereocenters. The lowest BCUT2D eigenvalue weighted by Crippen LogP contribution is -2.32. The molecule has 0 fully saturated rings. The number of nitrogens with one attached hydrogen (secondary N) is 2. The molecule has 108 valence electrons. The average molecular weight is 359 g/mol. The highest BCUT2D eigenvalue weighted by Crippen LogP contribution is 2.23. The molecule has 2 N–H and O–H groups in total. The van der Waals surface area contributed by atoms with Crippen LogP contribution in [-0.2, 0) is 14.9 Å². The summed E-state index contributed by atoms with van der Waals surface area (Å²) in [6, 6.07) is 11.2. The van der Waals surface area contributed by atoms with Gasteiger partial charge in [-0.15, -0.1) is 0 Å². The molecule has 7 heteroatoms. The monoisotopic (exact) mass is 358 g/mol. The predicted molar refractivity (Wildman–Crippen MR) is 84.1 cm³/mol. The van der Waals surface area contributed by atoms with Crippen LogP contribution in [0.25, 0.3) is 10.8 Å². The van der Waals surface area contributed by atoms with Gasteiger partial charge >= 0.3 is 0 Å². The molecule has 0 heterocycles. The van der Waals surface area contributed by atoms with E-state index in [0.29, 0.717) is 12.3 Å². The van der Waals surface area contributed by atoms with E-state index in [2.05, 4.69) is 25.4 Å². The molecule has 0 aromatic heterocycles. The van der Waals surface area contributed by atoms with Crippen molar-refractivity contribution in [2.75, 3.05) is 25.0 Å². The summed E-state index contributed by atoms with van der Waals surface area (Å²) < 4.78 is 34.2. The maximum atomic E-state index is 11.8. The Bertz CT molecular complexity index is 704. The second-order valence-electron chi connectivity index (χ2n) is 4.20. The number of halogens is 1. The lowest BCUT2D eigenvalue weighted by molar-refractivity contribution is 0.204. The van der Waals surface area contributed by atoms with Crippen molar-refractivity contribution in [2.45, 2.75) is 0 Å². The quantitative estimate of drug-likeness (QED) is 0.779. The zero-order valence-electron chi connectivity index (χ0n) is 10.9. The van der Waals surface area contributed by atoms with Crippen molar-refractivity contribution in [1.29, 1.82) is 0 Å². The van der Waals surface area contributed by atoms with Gasteiger partial charge in [0.25, 0.3) is 10.2 Å². The third-order valence-corrected chi connectivity index (χ3v) is 4.23. The van der Waals surface area contributed by atoms with Crippen LogP contribution in [-0.4, -0.2) is 28.7 Å². The highest BCUT2D eigenvalue weighted by molar-refractivity contribution is 9.10. The maximum Gasteiger partial charge on any atom is 0.299 e. The zero-order chi connectivity index (χ0) is 14.6. The Hall–Kier alpha value is -1.15. The molecule has 0 aliphatic carbocycles. The van der Waals surface area contributed by atoms with Crippen LogP contribution in [0.5, 0.6) is 0 Å². The van der Waals surface area contributed by atoms with E-state index >= 15 is 0 Å². The third-order valence-electron chi connectivity index (χ3n) is 2.65. The fourth-order valence-corrected chi connectivity index (χ4v) is 2.99. The van der Waals surface area contributed by atoms with Gasteiger partial charge in [-0.1, -0.05) is 28.1 Å². The topological polar surface area (TPSA) is 67.4 Å². The van der Waals surface area contributed by atoms with Gasteiger partial charge in [-0.25, -0.2) is 0 Å². The van der Waals surface area contributed by atoms with E-state index in [4.69, 9.17) is 4.74 Å². The molecule has 0 bridgehead atoms. The second kappa shape index (κ2) is 6.53. The number of methoxy groups -OCH3 is 1. The molecular formula is C13H15BrN2O3S. The van der Waals surface area contributed by atoms with E-state index in [9.17, 15) is 8.42 Å². The lowest BCUT2D eigenvalue weighted by Gasteiger charge is -2.10. The van der Waals surface area contributed by atoms with Crippen molar-refractivity contribution in [3.63, 3.8) is 0 Å². The molecule has 0 spiro atoms. The van der Waals surface area contributed by atoms with Crippen molar-refractivity contribution >= 4 is 42.6 Å². The lowest BCUT2D eigenvalue weighted by atomic mass is 10.1. The largest absolute Gasteiger partial charge is 0.383 e. The van der Waals surface area contributed by atoms with Gasteiger partial charge in [0.15, 0.2) is 0 Å². The maximum absolute atomic E-state index is 11.8. The minimum atomic E-state index is -3.57. The fraction of sp³-hybridized carbons (Fsp3) is 0.231. The normalized spacial score (nSPS) is 11.7. The summed E-state index contributed by atoms with van der Waals surface area (Å²) in [6.45, 7) is 0.555. The Morgan fingerprint density at radius 1 is 1.15 bits per heavy atom. The highest BCUT2D eigenvalue weighted by atomic mass is 79.9. The van der Waals surface area contributed by atoms with E-state index in [1.807, 2.05) is 24.3 Å². The van der Waals surface area contributed by atoms with Crippen molar-refractivity contribution in [1.82, 2.24) is 4.72 Å². The molecule has 0 unspecified atom stereocenters. The van der Waals surface area contributed by atoms with E-state index in [0.717, 1.165) is 15.2 Å². The first-order valence-electron chi connectivity index (χ1n) is 5.96. The summed E-state index contributed by atoms with van der Waals surface area (Å²) in [5.74, 6) is 0. The summed E-state index contributed by atoms with van der Waals surface area (Å²) in [4.78, 5) is 0. The van der Waals surface area contributed by atoms with Gasteiger partial charge in [-0.3, -0.25) is 4.72 Å². The van der Waals surface area contributed by atoms with Gasteiger partial charge in [0, 0.05) is 18.1 Å². The van der Waals surface area contributed by atoms with Crippen LogP contribution >= 0.6 is 15.9 Å². The van der Waals surface area contributed by atoms with Gasteiger partial charge < -0.3 is 4.74 Å². The summed E-state index contributed by atoms with van der Waals surface area (Å²) in [6.07, 6.45) is 0. The van der Waals surface area contributed by atoms with Gasteiger partial charge in [-0.2, -0.15) is 13.1 Å². The van der Waals surface area contributed by atoms with Crippen molar-refractivity contribution < 1.29 is 13.2 Å². The minimum Gasteiger partial charge on any atom is -0.383 e. The number of hydrogen-bond acceptors (Lipinski definition) is 3. The Balaban J connectivity index is 2.15. The van der Waals surface area contributed by atoms with E-state index in [-0.39, 0.29) is 6.54 Å². The number of fused-ring (bicyclic) bond motifs is 1. The summed E-state index contributed by atoms with van der Waals surface area (Å²) >= 11 is 3.40. The first kappa shape index (κ1) is 15.2. The predicted octanol–water partition coefficient (Wildman–Crippen LogP) is 2.50. The molecule has 20 heavy (non-hydrogen) atoms. The molecule has 0 radical (unpaired) electrons. The van der Waals surface area contributed by atoms with Crippen LogP contribution in [0.4, 0.5) is 5.69 Å². The number of hydrogen-bond donors (Lipinski definition) is 2. The Labute approximate surface area is 126 Å². The fourth-order valence-electron chi connectivity index (χ4n) is 1.75. The van der Waals surface area contributed by atoms with E-state index in [1.54, 1.807) is 12.1 Å². The van der Waals surface area contributed by atoms with Crippen molar-refractivity contribution in [3.8, 4) is 0 Å². The van der Waals surface area contributed by atoms with Gasteiger partial charge in [0.05, 0.1) is 12.3 Å².